The van der Waals surface area contributed by atoms with Gasteiger partial charge in [0.1, 0.15) is 0 Å². The number of allylic oxidation sites excluding steroid dienone is 2. The minimum absolute atomic E-state index is 0.908. The summed E-state index contributed by atoms with van der Waals surface area (Å²) in [6, 6.07) is 0. The summed E-state index contributed by atoms with van der Waals surface area (Å²) in [6.07, 6.45) is 18.2. The Morgan fingerprint density at radius 1 is 0.867 bits per heavy atom. The molecular weight excluding hydrogens is 180 g/mol. The number of rotatable bonds is 1. The van der Waals surface area contributed by atoms with Crippen LogP contribution in [0.5, 0.6) is 0 Å². The van der Waals surface area contributed by atoms with Crippen molar-refractivity contribution >= 4 is 0 Å². The van der Waals surface area contributed by atoms with Gasteiger partial charge in [-0.25, -0.2) is 0 Å². The fourth-order valence-electron chi connectivity index (χ4n) is 3.51. The van der Waals surface area contributed by atoms with Gasteiger partial charge in [0.05, 0.1) is 0 Å². The van der Waals surface area contributed by atoms with Crippen LogP contribution in [0.4, 0.5) is 0 Å². The molecule has 2 aliphatic carbocycles. The Morgan fingerprint density at radius 2 is 1.60 bits per heavy atom. The van der Waals surface area contributed by atoms with E-state index >= 15 is 0 Å². The summed E-state index contributed by atoms with van der Waals surface area (Å²) >= 11 is 0. The third kappa shape index (κ3) is 3.09. The second kappa shape index (κ2) is 5.72. The van der Waals surface area contributed by atoms with Gasteiger partial charge in [-0.1, -0.05) is 44.8 Å². The highest BCUT2D eigenvalue weighted by atomic mass is 14.3. The lowest BCUT2D eigenvalue weighted by Crippen LogP contribution is -2.19. The maximum absolute atomic E-state index is 2.56. The minimum Gasteiger partial charge on any atom is -0.0882 e. The van der Waals surface area contributed by atoms with Crippen molar-refractivity contribution in [2.75, 3.05) is 0 Å². The third-order valence-electron chi connectivity index (χ3n) is 4.49. The van der Waals surface area contributed by atoms with Gasteiger partial charge in [0.2, 0.25) is 0 Å². The molecule has 2 rings (SSSR count). The van der Waals surface area contributed by atoms with Gasteiger partial charge in [0.25, 0.3) is 0 Å². The monoisotopic (exact) mass is 206 g/mol. The van der Waals surface area contributed by atoms with Crippen molar-refractivity contribution in [1.82, 2.24) is 0 Å². The second-order valence-electron chi connectivity index (χ2n) is 5.67. The van der Waals surface area contributed by atoms with E-state index in [1.165, 1.54) is 57.8 Å². The highest BCUT2D eigenvalue weighted by Crippen LogP contribution is 2.37. The molecule has 1 saturated carbocycles. The molecule has 0 aromatic carbocycles. The van der Waals surface area contributed by atoms with Crippen LogP contribution in [0.3, 0.4) is 0 Å². The maximum atomic E-state index is 2.56. The first-order chi connectivity index (χ1) is 7.38. The Labute approximate surface area is 95.1 Å². The van der Waals surface area contributed by atoms with Crippen molar-refractivity contribution < 1.29 is 0 Å². The van der Waals surface area contributed by atoms with Gasteiger partial charge in [0.15, 0.2) is 0 Å². The zero-order valence-electron chi connectivity index (χ0n) is 10.3. The normalized spacial score (nSPS) is 34.7. The molecule has 0 heterocycles. The average Bonchev–Trinajstić information content (AvgIpc) is 2.59. The SMILES string of the molecule is CC1CCCC=CC1C1CCCCCC1. The smallest absolute Gasteiger partial charge is 0.0179 e. The van der Waals surface area contributed by atoms with Gasteiger partial charge in [-0.2, -0.15) is 0 Å². The van der Waals surface area contributed by atoms with E-state index in [-0.39, 0.29) is 0 Å². The first-order valence-electron chi connectivity index (χ1n) is 7.04. The largest absolute Gasteiger partial charge is 0.0882 e. The third-order valence-corrected chi connectivity index (χ3v) is 4.49. The quantitative estimate of drug-likeness (QED) is 0.420. The van der Waals surface area contributed by atoms with Crippen molar-refractivity contribution in [2.24, 2.45) is 17.8 Å². The van der Waals surface area contributed by atoms with Crippen LogP contribution in [0, 0.1) is 17.8 Å². The Morgan fingerprint density at radius 3 is 2.33 bits per heavy atom. The van der Waals surface area contributed by atoms with Gasteiger partial charge in [-0.15, -0.1) is 0 Å². The molecule has 0 radical (unpaired) electrons. The summed E-state index contributed by atoms with van der Waals surface area (Å²) in [5.74, 6) is 2.86. The predicted octanol–water partition coefficient (Wildman–Crippen LogP) is 4.95. The maximum Gasteiger partial charge on any atom is -0.0179 e. The van der Waals surface area contributed by atoms with E-state index in [1.54, 1.807) is 0 Å². The molecule has 0 amide bonds. The fraction of sp³-hybridized carbons (Fsp3) is 0.867. The highest BCUT2D eigenvalue weighted by Gasteiger charge is 2.25. The highest BCUT2D eigenvalue weighted by molar-refractivity contribution is 4.96. The molecule has 0 spiro atoms. The summed E-state index contributed by atoms with van der Waals surface area (Å²) in [4.78, 5) is 0. The van der Waals surface area contributed by atoms with Crippen molar-refractivity contribution in [3.8, 4) is 0 Å². The van der Waals surface area contributed by atoms with E-state index in [0.29, 0.717) is 0 Å². The lowest BCUT2D eigenvalue weighted by atomic mass is 9.77. The molecule has 0 N–H and O–H groups in total. The summed E-state index contributed by atoms with van der Waals surface area (Å²) in [7, 11) is 0. The lowest BCUT2D eigenvalue weighted by molar-refractivity contribution is 0.260. The predicted molar refractivity (Wildman–Crippen MR) is 66.8 cm³/mol. The molecule has 0 aromatic rings. The molecule has 2 atom stereocenters. The molecule has 0 bridgehead atoms. The van der Waals surface area contributed by atoms with E-state index in [0.717, 1.165) is 17.8 Å². The first-order valence-corrected chi connectivity index (χ1v) is 7.04. The molecule has 2 aliphatic rings. The van der Waals surface area contributed by atoms with E-state index in [1.807, 2.05) is 0 Å². The Kier molecular flexibility index (Phi) is 4.29. The molecule has 1 fully saturated rings. The zero-order valence-corrected chi connectivity index (χ0v) is 10.3. The lowest BCUT2D eigenvalue weighted by Gasteiger charge is -2.28. The van der Waals surface area contributed by atoms with E-state index in [9.17, 15) is 0 Å². The summed E-state index contributed by atoms with van der Waals surface area (Å²) < 4.78 is 0. The average molecular weight is 206 g/mol. The molecule has 86 valence electrons. The van der Waals surface area contributed by atoms with Gasteiger partial charge in [0, 0.05) is 0 Å². The van der Waals surface area contributed by atoms with Crippen LogP contribution in [0.2, 0.25) is 0 Å². The van der Waals surface area contributed by atoms with Crippen LogP contribution in [0.15, 0.2) is 12.2 Å². The van der Waals surface area contributed by atoms with Crippen LogP contribution < -0.4 is 0 Å². The van der Waals surface area contributed by atoms with Gasteiger partial charge in [-0.05, 0) is 49.9 Å². The van der Waals surface area contributed by atoms with Crippen molar-refractivity contribution in [3.05, 3.63) is 12.2 Å². The second-order valence-corrected chi connectivity index (χ2v) is 5.67. The van der Waals surface area contributed by atoms with Crippen molar-refractivity contribution in [1.29, 1.82) is 0 Å². The molecule has 15 heavy (non-hydrogen) atoms. The summed E-state index contributed by atoms with van der Waals surface area (Å²) in [5, 5.41) is 0. The Balaban J connectivity index is 1.98. The number of hydrogen-bond acceptors (Lipinski definition) is 0. The standard InChI is InChI=1S/C15H26/c1-13-9-5-4-8-12-15(13)14-10-6-2-3-7-11-14/h8,12-15H,2-7,9-11H2,1H3. The van der Waals surface area contributed by atoms with Crippen LogP contribution in [0.1, 0.15) is 64.7 Å². The van der Waals surface area contributed by atoms with Crippen LogP contribution >= 0.6 is 0 Å². The molecule has 0 nitrogen and oxygen atoms in total. The topological polar surface area (TPSA) is 0 Å². The molecular formula is C15H26. The van der Waals surface area contributed by atoms with Crippen LogP contribution in [-0.4, -0.2) is 0 Å². The zero-order chi connectivity index (χ0) is 10.5. The number of hydrogen-bond donors (Lipinski definition) is 0. The Hall–Kier alpha value is -0.260. The molecule has 2 unspecified atom stereocenters. The van der Waals surface area contributed by atoms with Gasteiger partial charge < -0.3 is 0 Å². The summed E-state index contributed by atoms with van der Waals surface area (Å²) in [5.41, 5.74) is 0. The summed E-state index contributed by atoms with van der Waals surface area (Å²) in [6.45, 7) is 2.48. The van der Waals surface area contributed by atoms with E-state index in [2.05, 4.69) is 19.1 Å². The Bertz CT molecular complexity index is 196. The van der Waals surface area contributed by atoms with Crippen LogP contribution in [-0.2, 0) is 0 Å². The molecule has 0 aliphatic heterocycles. The van der Waals surface area contributed by atoms with Crippen LogP contribution in [0.25, 0.3) is 0 Å². The van der Waals surface area contributed by atoms with Crippen molar-refractivity contribution in [3.63, 3.8) is 0 Å². The van der Waals surface area contributed by atoms with E-state index in [4.69, 9.17) is 0 Å². The molecule has 0 saturated heterocycles. The van der Waals surface area contributed by atoms with Gasteiger partial charge >= 0.3 is 0 Å². The van der Waals surface area contributed by atoms with Crippen molar-refractivity contribution in [2.45, 2.75) is 64.7 Å². The van der Waals surface area contributed by atoms with Gasteiger partial charge in [-0.3, -0.25) is 0 Å². The van der Waals surface area contributed by atoms with E-state index < -0.39 is 0 Å². The minimum atomic E-state index is 0.908. The molecule has 0 heteroatoms. The molecule has 0 aromatic heterocycles. The first kappa shape index (κ1) is 11.2. The fourth-order valence-corrected chi connectivity index (χ4v) is 3.51.